The standard InChI is InChI=1S/C19H22N4O2S3/c1-26-19-22-17(16-14-4-2-3-5-15(14)27-18(16)23-19)21-11-10-12-6-8-13(9-7-12)28(20,24)25/h6-9H,2-5,10-11H2,1H3,(H2,20,24,25)(H,21,22,23). The number of aryl methyl sites for hydroxylation is 2. The quantitative estimate of drug-likeness (QED) is 0.454. The molecule has 0 aliphatic heterocycles. The van der Waals surface area contributed by atoms with Crippen LogP contribution in [0.5, 0.6) is 0 Å². The number of thiophene rings is 1. The fraction of sp³-hybridized carbons (Fsp3) is 0.368. The normalized spacial score (nSPS) is 14.2. The number of nitrogens with zero attached hydrogens (tertiary/aromatic N) is 2. The van der Waals surface area contributed by atoms with E-state index < -0.39 is 10.0 Å². The van der Waals surface area contributed by atoms with Gasteiger partial charge in [0.05, 0.1) is 10.3 Å². The lowest BCUT2D eigenvalue weighted by Crippen LogP contribution is -2.12. The molecular weight excluding hydrogens is 412 g/mol. The third kappa shape index (κ3) is 4.03. The summed E-state index contributed by atoms with van der Waals surface area (Å²) >= 11 is 3.36. The second kappa shape index (κ2) is 7.98. The molecule has 148 valence electrons. The van der Waals surface area contributed by atoms with Crippen LogP contribution in [-0.4, -0.2) is 31.2 Å². The Morgan fingerprint density at radius 3 is 2.64 bits per heavy atom. The van der Waals surface area contributed by atoms with Gasteiger partial charge in [0.2, 0.25) is 10.0 Å². The highest BCUT2D eigenvalue weighted by Gasteiger charge is 2.21. The predicted molar refractivity (Wildman–Crippen MR) is 116 cm³/mol. The van der Waals surface area contributed by atoms with E-state index >= 15 is 0 Å². The van der Waals surface area contributed by atoms with E-state index in [0.717, 1.165) is 40.6 Å². The largest absolute Gasteiger partial charge is 0.369 e. The molecule has 6 nitrogen and oxygen atoms in total. The van der Waals surface area contributed by atoms with E-state index in [1.54, 1.807) is 47.4 Å². The van der Waals surface area contributed by atoms with Gasteiger partial charge in [0.1, 0.15) is 10.6 Å². The van der Waals surface area contributed by atoms with E-state index in [4.69, 9.17) is 15.1 Å². The molecule has 28 heavy (non-hydrogen) atoms. The number of benzene rings is 1. The number of hydrogen-bond donors (Lipinski definition) is 2. The summed E-state index contributed by atoms with van der Waals surface area (Å²) in [6.45, 7) is 0.708. The topological polar surface area (TPSA) is 98.0 Å². The zero-order chi connectivity index (χ0) is 19.7. The van der Waals surface area contributed by atoms with Crippen LogP contribution in [0.3, 0.4) is 0 Å². The average Bonchev–Trinajstić information content (AvgIpc) is 3.06. The van der Waals surface area contributed by atoms with Crippen LogP contribution in [0.4, 0.5) is 5.82 Å². The molecule has 1 aliphatic rings. The highest BCUT2D eigenvalue weighted by atomic mass is 32.2. The molecule has 0 radical (unpaired) electrons. The third-order valence-corrected chi connectivity index (χ3v) is 7.60. The lowest BCUT2D eigenvalue weighted by atomic mass is 9.97. The first-order valence-electron chi connectivity index (χ1n) is 9.17. The molecule has 0 saturated carbocycles. The van der Waals surface area contributed by atoms with E-state index in [-0.39, 0.29) is 4.90 Å². The summed E-state index contributed by atoms with van der Waals surface area (Å²) in [5, 5.41) is 10.6. The van der Waals surface area contributed by atoms with Crippen molar-refractivity contribution in [2.24, 2.45) is 5.14 Å². The summed E-state index contributed by atoms with van der Waals surface area (Å²) in [5.74, 6) is 0.912. The van der Waals surface area contributed by atoms with Gasteiger partial charge in [-0.05, 0) is 61.6 Å². The van der Waals surface area contributed by atoms with E-state index in [2.05, 4.69) is 5.32 Å². The maximum Gasteiger partial charge on any atom is 0.238 e. The van der Waals surface area contributed by atoms with Gasteiger partial charge in [0, 0.05) is 11.4 Å². The molecule has 1 aromatic carbocycles. The molecule has 1 aliphatic carbocycles. The number of anilines is 1. The zero-order valence-corrected chi connectivity index (χ0v) is 18.0. The highest BCUT2D eigenvalue weighted by molar-refractivity contribution is 7.98. The Kier molecular flexibility index (Phi) is 5.59. The molecular formula is C19H22N4O2S3. The van der Waals surface area contributed by atoms with Gasteiger partial charge in [-0.3, -0.25) is 0 Å². The molecule has 0 unspecified atom stereocenters. The van der Waals surface area contributed by atoms with Gasteiger partial charge in [-0.1, -0.05) is 23.9 Å². The summed E-state index contributed by atoms with van der Waals surface area (Å²) in [4.78, 5) is 12.1. The number of thioether (sulfide) groups is 1. The summed E-state index contributed by atoms with van der Waals surface area (Å²) in [7, 11) is -3.65. The Bertz CT molecular complexity index is 1110. The van der Waals surface area contributed by atoms with Crippen molar-refractivity contribution in [2.75, 3.05) is 18.1 Å². The number of nitrogens with one attached hydrogen (secondary N) is 1. The number of nitrogens with two attached hydrogens (primary N) is 1. The molecule has 3 aromatic rings. The molecule has 4 rings (SSSR count). The molecule has 0 saturated heterocycles. The average molecular weight is 435 g/mol. The molecule has 9 heteroatoms. The summed E-state index contributed by atoms with van der Waals surface area (Å²) in [6, 6.07) is 6.71. The molecule has 0 bridgehead atoms. The Labute approximate surface area is 173 Å². The fourth-order valence-corrected chi connectivity index (χ4v) is 5.73. The van der Waals surface area contributed by atoms with Crippen LogP contribution in [0.2, 0.25) is 0 Å². The van der Waals surface area contributed by atoms with Crippen LogP contribution in [0, 0.1) is 0 Å². The van der Waals surface area contributed by atoms with E-state index in [1.807, 2.05) is 6.26 Å². The smallest absolute Gasteiger partial charge is 0.238 e. The minimum atomic E-state index is -3.65. The Balaban J connectivity index is 1.55. The summed E-state index contributed by atoms with van der Waals surface area (Å²) in [6.07, 6.45) is 7.46. The number of hydrogen-bond acceptors (Lipinski definition) is 7. The number of rotatable bonds is 6. The SMILES string of the molecule is CSc1nc(NCCc2ccc(S(N)(=O)=O)cc2)c2c3c(sc2n1)CCCC3. The van der Waals surface area contributed by atoms with Gasteiger partial charge in [0.15, 0.2) is 5.16 Å². The molecule has 2 heterocycles. The second-order valence-corrected chi connectivity index (χ2v) is 10.2. The van der Waals surface area contributed by atoms with Gasteiger partial charge in [-0.15, -0.1) is 11.3 Å². The lowest BCUT2D eigenvalue weighted by Gasteiger charge is -2.13. The van der Waals surface area contributed by atoms with E-state index in [0.29, 0.717) is 6.54 Å². The predicted octanol–water partition coefficient (Wildman–Crippen LogP) is 3.59. The Morgan fingerprint density at radius 1 is 1.18 bits per heavy atom. The molecule has 0 amide bonds. The monoisotopic (exact) mass is 434 g/mol. The van der Waals surface area contributed by atoms with Crippen molar-refractivity contribution < 1.29 is 8.42 Å². The molecule has 0 atom stereocenters. The van der Waals surface area contributed by atoms with Crippen LogP contribution in [0.15, 0.2) is 34.3 Å². The first kappa shape index (κ1) is 19.6. The van der Waals surface area contributed by atoms with Crippen LogP contribution in [-0.2, 0) is 29.3 Å². The minimum Gasteiger partial charge on any atom is -0.369 e. The second-order valence-electron chi connectivity index (χ2n) is 6.82. The first-order valence-corrected chi connectivity index (χ1v) is 12.8. The van der Waals surface area contributed by atoms with Gasteiger partial charge in [-0.2, -0.15) is 0 Å². The molecule has 2 aromatic heterocycles. The molecule has 0 fully saturated rings. The van der Waals surface area contributed by atoms with Crippen LogP contribution in [0.25, 0.3) is 10.2 Å². The Hall–Kier alpha value is -1.68. The number of primary sulfonamides is 1. The van der Waals surface area contributed by atoms with Gasteiger partial charge in [-0.25, -0.2) is 23.5 Å². The van der Waals surface area contributed by atoms with Crippen molar-refractivity contribution in [1.29, 1.82) is 0 Å². The minimum absolute atomic E-state index is 0.135. The maximum absolute atomic E-state index is 11.4. The van der Waals surface area contributed by atoms with Gasteiger partial charge < -0.3 is 5.32 Å². The van der Waals surface area contributed by atoms with E-state index in [9.17, 15) is 8.42 Å². The lowest BCUT2D eigenvalue weighted by molar-refractivity contribution is 0.598. The number of aromatic nitrogens is 2. The zero-order valence-electron chi connectivity index (χ0n) is 15.6. The van der Waals surface area contributed by atoms with Gasteiger partial charge >= 0.3 is 0 Å². The van der Waals surface area contributed by atoms with E-state index in [1.165, 1.54) is 28.7 Å². The summed E-state index contributed by atoms with van der Waals surface area (Å²) in [5.41, 5.74) is 2.46. The molecule has 0 spiro atoms. The highest BCUT2D eigenvalue weighted by Crippen LogP contribution is 2.39. The van der Waals surface area contributed by atoms with Crippen molar-refractivity contribution >= 4 is 49.2 Å². The van der Waals surface area contributed by atoms with Crippen LogP contribution < -0.4 is 10.5 Å². The third-order valence-electron chi connectivity index (χ3n) is 4.93. The van der Waals surface area contributed by atoms with Crippen molar-refractivity contribution in [3.63, 3.8) is 0 Å². The maximum atomic E-state index is 11.4. The van der Waals surface area contributed by atoms with Crippen molar-refractivity contribution in [2.45, 2.75) is 42.2 Å². The van der Waals surface area contributed by atoms with Gasteiger partial charge in [0.25, 0.3) is 0 Å². The van der Waals surface area contributed by atoms with Crippen LogP contribution in [0.1, 0.15) is 28.8 Å². The molecule has 3 N–H and O–H groups in total. The van der Waals surface area contributed by atoms with Crippen molar-refractivity contribution in [1.82, 2.24) is 9.97 Å². The first-order chi connectivity index (χ1) is 13.5. The van der Waals surface area contributed by atoms with Crippen molar-refractivity contribution in [3.05, 3.63) is 40.3 Å². The number of sulfonamides is 1. The Morgan fingerprint density at radius 2 is 1.93 bits per heavy atom. The number of fused-ring (bicyclic) bond motifs is 3. The van der Waals surface area contributed by atoms with Crippen molar-refractivity contribution in [3.8, 4) is 0 Å². The summed E-state index contributed by atoms with van der Waals surface area (Å²) < 4.78 is 22.7. The fourth-order valence-electron chi connectivity index (χ4n) is 3.53. The van der Waals surface area contributed by atoms with Crippen LogP contribution >= 0.6 is 23.1 Å².